The third-order valence-electron chi connectivity index (χ3n) is 5.93. The third kappa shape index (κ3) is 3.37. The largest absolute Gasteiger partial charge is 0.454 e. The molecule has 2 fully saturated rings. The van der Waals surface area contributed by atoms with E-state index < -0.39 is 11.9 Å². The molecule has 0 saturated carbocycles. The van der Waals surface area contributed by atoms with Gasteiger partial charge in [-0.2, -0.15) is 0 Å². The zero-order valence-electron chi connectivity index (χ0n) is 16.3. The van der Waals surface area contributed by atoms with Crippen molar-refractivity contribution < 1.29 is 23.5 Å². The highest BCUT2D eigenvalue weighted by Gasteiger charge is 2.44. The van der Waals surface area contributed by atoms with Gasteiger partial charge in [0.15, 0.2) is 11.5 Å². The fourth-order valence-corrected chi connectivity index (χ4v) is 4.36. The number of halogens is 1. The highest BCUT2D eigenvalue weighted by molar-refractivity contribution is 6.22. The summed E-state index contributed by atoms with van der Waals surface area (Å²) in [6, 6.07) is 11.4. The predicted octanol–water partition coefficient (Wildman–Crippen LogP) is 2.76. The maximum Gasteiger partial charge on any atom is 0.251 e. The summed E-state index contributed by atoms with van der Waals surface area (Å²) in [7, 11) is 0. The van der Waals surface area contributed by atoms with E-state index in [9.17, 15) is 14.0 Å². The molecule has 7 nitrogen and oxygen atoms in total. The highest BCUT2D eigenvalue weighted by Crippen LogP contribution is 2.35. The molecule has 8 heteroatoms. The Kier molecular flexibility index (Phi) is 4.78. The van der Waals surface area contributed by atoms with Crippen LogP contribution in [0.5, 0.6) is 11.5 Å². The molecule has 30 heavy (non-hydrogen) atoms. The van der Waals surface area contributed by atoms with Gasteiger partial charge < -0.3 is 14.8 Å². The SMILES string of the molecule is O=C1C[C@H](N2CCC(Nc3ccc4c(c3)OCO4)CC2)C(=O)N1c1ccccc1F. The Bertz CT molecular complexity index is 990. The van der Waals surface area contributed by atoms with Gasteiger partial charge >= 0.3 is 0 Å². The Labute approximate surface area is 173 Å². The minimum Gasteiger partial charge on any atom is -0.454 e. The molecule has 0 aromatic heterocycles. The second kappa shape index (κ2) is 7.60. The molecule has 156 valence electrons. The van der Waals surface area contributed by atoms with Crippen LogP contribution in [0.2, 0.25) is 0 Å². The lowest BCUT2D eigenvalue weighted by atomic mass is 10.0. The summed E-state index contributed by atoms with van der Waals surface area (Å²) >= 11 is 0. The average Bonchev–Trinajstić information content (AvgIpc) is 3.33. The van der Waals surface area contributed by atoms with Gasteiger partial charge in [-0.15, -0.1) is 0 Å². The molecule has 1 N–H and O–H groups in total. The number of nitrogens with one attached hydrogen (secondary N) is 1. The Hall–Kier alpha value is -3.13. The lowest BCUT2D eigenvalue weighted by molar-refractivity contribution is -0.123. The van der Waals surface area contributed by atoms with Crippen LogP contribution < -0.4 is 19.7 Å². The molecule has 3 aliphatic heterocycles. The molecule has 2 aromatic rings. The number of hydrogen-bond acceptors (Lipinski definition) is 6. The molecule has 2 saturated heterocycles. The Morgan fingerprint density at radius 2 is 1.77 bits per heavy atom. The summed E-state index contributed by atoms with van der Waals surface area (Å²) in [6.45, 7) is 1.63. The molecule has 0 spiro atoms. The van der Waals surface area contributed by atoms with E-state index >= 15 is 0 Å². The van der Waals surface area contributed by atoms with Crippen molar-refractivity contribution in [3.05, 3.63) is 48.3 Å². The first-order valence-electron chi connectivity index (χ1n) is 10.1. The number of likely N-dealkylation sites (tertiary alicyclic amines) is 1. The zero-order chi connectivity index (χ0) is 20.7. The lowest BCUT2D eigenvalue weighted by Gasteiger charge is -2.35. The van der Waals surface area contributed by atoms with Gasteiger partial charge in [-0.25, -0.2) is 9.29 Å². The monoisotopic (exact) mass is 411 g/mol. The topological polar surface area (TPSA) is 71.1 Å². The number of rotatable bonds is 4. The first-order chi connectivity index (χ1) is 14.6. The van der Waals surface area contributed by atoms with Crippen LogP contribution in [0.15, 0.2) is 42.5 Å². The van der Waals surface area contributed by atoms with Crippen molar-refractivity contribution in [1.29, 1.82) is 0 Å². The van der Waals surface area contributed by atoms with Crippen LogP contribution in [0.25, 0.3) is 0 Å². The van der Waals surface area contributed by atoms with Crippen molar-refractivity contribution in [3.63, 3.8) is 0 Å². The van der Waals surface area contributed by atoms with Gasteiger partial charge in [0.2, 0.25) is 12.7 Å². The smallest absolute Gasteiger partial charge is 0.251 e. The molecule has 0 radical (unpaired) electrons. The van der Waals surface area contributed by atoms with Crippen molar-refractivity contribution in [2.75, 3.05) is 30.1 Å². The first kappa shape index (κ1) is 18.9. The Balaban J connectivity index is 1.21. The molecule has 0 unspecified atom stereocenters. The van der Waals surface area contributed by atoms with Crippen molar-refractivity contribution >= 4 is 23.2 Å². The quantitative estimate of drug-likeness (QED) is 0.781. The lowest BCUT2D eigenvalue weighted by Crippen LogP contribution is -2.48. The van der Waals surface area contributed by atoms with Crippen molar-refractivity contribution in [2.24, 2.45) is 0 Å². The van der Waals surface area contributed by atoms with E-state index in [0.717, 1.165) is 34.9 Å². The summed E-state index contributed by atoms with van der Waals surface area (Å²) < 4.78 is 24.9. The molecule has 0 aliphatic carbocycles. The van der Waals surface area contributed by atoms with Crippen molar-refractivity contribution in [1.82, 2.24) is 4.90 Å². The number of imide groups is 1. The summed E-state index contributed by atoms with van der Waals surface area (Å²) in [4.78, 5) is 28.4. The second-order valence-electron chi connectivity index (χ2n) is 7.76. The molecular weight excluding hydrogens is 389 g/mol. The van der Waals surface area contributed by atoms with E-state index in [2.05, 4.69) is 5.32 Å². The average molecular weight is 411 g/mol. The summed E-state index contributed by atoms with van der Waals surface area (Å²) in [5.74, 6) is 0.231. The van der Waals surface area contributed by atoms with Crippen molar-refractivity contribution in [2.45, 2.75) is 31.3 Å². The summed E-state index contributed by atoms with van der Waals surface area (Å²) in [6.07, 6.45) is 1.77. The van der Waals surface area contributed by atoms with Gasteiger partial charge in [0.25, 0.3) is 5.91 Å². The van der Waals surface area contributed by atoms with E-state index in [1.807, 2.05) is 23.1 Å². The number of nitrogens with zero attached hydrogens (tertiary/aromatic N) is 2. The van der Waals surface area contributed by atoms with Gasteiger partial charge in [-0.05, 0) is 37.1 Å². The van der Waals surface area contributed by atoms with Crippen LogP contribution in [-0.2, 0) is 9.59 Å². The number of benzene rings is 2. The van der Waals surface area contributed by atoms with Gasteiger partial charge in [-0.1, -0.05) is 12.1 Å². The van der Waals surface area contributed by atoms with Crippen LogP contribution in [-0.4, -0.2) is 48.7 Å². The standard InChI is InChI=1S/C22H22FN3O4/c23-16-3-1-2-4-17(16)26-21(27)12-18(22(26)28)25-9-7-14(8-10-25)24-15-5-6-19-20(11-15)30-13-29-19/h1-6,11,14,18,24H,7-10,12-13H2/t18-/m0/s1. The van der Waals surface area contributed by atoms with E-state index in [4.69, 9.17) is 9.47 Å². The number of piperidine rings is 1. The maximum atomic E-state index is 14.1. The summed E-state index contributed by atoms with van der Waals surface area (Å²) in [5, 5.41) is 3.51. The number of para-hydroxylation sites is 1. The van der Waals surface area contributed by atoms with E-state index in [0.29, 0.717) is 13.1 Å². The summed E-state index contributed by atoms with van der Waals surface area (Å²) in [5.41, 5.74) is 1.00. The number of carbonyl (C=O) groups is 2. The maximum absolute atomic E-state index is 14.1. The Morgan fingerprint density at radius 1 is 1.00 bits per heavy atom. The van der Waals surface area contributed by atoms with Crippen LogP contribution in [0, 0.1) is 5.82 Å². The van der Waals surface area contributed by atoms with E-state index in [1.54, 1.807) is 12.1 Å². The fraction of sp³-hybridized carbons (Fsp3) is 0.364. The van der Waals surface area contributed by atoms with Gasteiger partial charge in [-0.3, -0.25) is 14.5 Å². The first-order valence-corrected chi connectivity index (χ1v) is 10.1. The number of hydrogen-bond donors (Lipinski definition) is 1. The van der Waals surface area contributed by atoms with Crippen LogP contribution >= 0.6 is 0 Å². The normalized spacial score (nSPS) is 22.0. The molecule has 3 aliphatic rings. The molecular formula is C22H22FN3O4. The molecule has 0 bridgehead atoms. The van der Waals surface area contributed by atoms with Crippen molar-refractivity contribution in [3.8, 4) is 11.5 Å². The van der Waals surface area contributed by atoms with E-state index in [-0.39, 0.29) is 36.8 Å². The fourth-order valence-electron chi connectivity index (χ4n) is 4.36. The van der Waals surface area contributed by atoms with Gasteiger partial charge in [0, 0.05) is 30.9 Å². The third-order valence-corrected chi connectivity index (χ3v) is 5.93. The van der Waals surface area contributed by atoms with Crippen LogP contribution in [0.4, 0.5) is 15.8 Å². The number of fused-ring (bicyclic) bond motifs is 1. The minimum absolute atomic E-state index is 0.0364. The zero-order valence-corrected chi connectivity index (χ0v) is 16.3. The van der Waals surface area contributed by atoms with Crippen LogP contribution in [0.1, 0.15) is 19.3 Å². The molecule has 1 atom stereocenters. The number of anilines is 2. The number of amides is 2. The van der Waals surface area contributed by atoms with Gasteiger partial charge in [0.05, 0.1) is 18.2 Å². The minimum atomic E-state index is -0.563. The molecule has 3 heterocycles. The number of ether oxygens (including phenoxy) is 2. The Morgan fingerprint density at radius 3 is 2.57 bits per heavy atom. The van der Waals surface area contributed by atoms with Crippen LogP contribution in [0.3, 0.4) is 0 Å². The predicted molar refractivity (Wildman–Crippen MR) is 108 cm³/mol. The number of carbonyl (C=O) groups excluding carboxylic acids is 2. The second-order valence-corrected chi connectivity index (χ2v) is 7.76. The highest BCUT2D eigenvalue weighted by atomic mass is 19.1. The van der Waals surface area contributed by atoms with E-state index in [1.165, 1.54) is 12.1 Å². The molecule has 2 amide bonds. The molecule has 5 rings (SSSR count). The van der Waals surface area contributed by atoms with Gasteiger partial charge in [0.1, 0.15) is 5.82 Å². The molecule has 2 aromatic carbocycles.